The molecule has 2 aromatic carbocycles. The Morgan fingerprint density at radius 1 is 0.960 bits per heavy atom. The Morgan fingerprint density at radius 3 is 2.08 bits per heavy atom. The number of hydrazine groups is 1. The van der Waals surface area contributed by atoms with E-state index in [0.717, 1.165) is 11.6 Å². The molecular weight excluding hydrogens is 350 g/mol. The van der Waals surface area contributed by atoms with Crippen LogP contribution in [0.5, 0.6) is 0 Å². The molecule has 0 atom stereocenters. The van der Waals surface area contributed by atoms with Crippen LogP contribution in [0, 0.1) is 11.6 Å². The van der Waals surface area contributed by atoms with E-state index in [-0.39, 0.29) is 11.0 Å². The molecule has 0 unspecified atom stereocenters. The Bertz CT molecular complexity index is 889. The molecule has 1 amide bonds. The summed E-state index contributed by atoms with van der Waals surface area (Å²) >= 11 is 0. The third-order valence-corrected chi connectivity index (χ3v) is 4.76. The second kappa shape index (κ2) is 6.89. The van der Waals surface area contributed by atoms with Crippen LogP contribution in [0.4, 0.5) is 8.78 Å². The molecule has 8 heteroatoms. The summed E-state index contributed by atoms with van der Waals surface area (Å²) in [6.45, 7) is 6.08. The van der Waals surface area contributed by atoms with E-state index in [4.69, 9.17) is 0 Å². The number of amides is 1. The van der Waals surface area contributed by atoms with Crippen molar-refractivity contribution in [2.24, 2.45) is 0 Å². The summed E-state index contributed by atoms with van der Waals surface area (Å²) in [4.78, 5) is 13.4. The van der Waals surface area contributed by atoms with Crippen molar-refractivity contribution in [1.29, 1.82) is 0 Å². The molecule has 134 valence electrons. The van der Waals surface area contributed by atoms with Gasteiger partial charge in [0.25, 0.3) is 15.9 Å². The Labute approximate surface area is 145 Å². The molecule has 25 heavy (non-hydrogen) atoms. The van der Waals surface area contributed by atoms with E-state index in [1.54, 1.807) is 24.3 Å². The number of hydrogen-bond donors (Lipinski definition) is 2. The average Bonchev–Trinajstić information content (AvgIpc) is 2.54. The fourth-order valence-corrected chi connectivity index (χ4v) is 2.86. The van der Waals surface area contributed by atoms with Crippen molar-refractivity contribution >= 4 is 15.9 Å². The number of rotatable bonds is 4. The molecule has 0 spiro atoms. The van der Waals surface area contributed by atoms with Crippen LogP contribution in [0.2, 0.25) is 0 Å². The highest BCUT2D eigenvalue weighted by Crippen LogP contribution is 2.22. The summed E-state index contributed by atoms with van der Waals surface area (Å²) in [6.07, 6.45) is 0. The second-order valence-corrected chi connectivity index (χ2v) is 8.15. The number of carbonyl (C=O) groups is 1. The molecule has 0 aliphatic carbocycles. The maximum atomic E-state index is 13.2. The van der Waals surface area contributed by atoms with Crippen molar-refractivity contribution < 1.29 is 22.0 Å². The van der Waals surface area contributed by atoms with Crippen LogP contribution in [-0.4, -0.2) is 14.3 Å². The molecule has 2 rings (SSSR count). The third kappa shape index (κ3) is 4.61. The smallest absolute Gasteiger partial charge is 0.266 e. The largest absolute Gasteiger partial charge is 0.273 e. The summed E-state index contributed by atoms with van der Waals surface area (Å²) in [5.41, 5.74) is 3.23. The van der Waals surface area contributed by atoms with Gasteiger partial charge in [0.2, 0.25) is 0 Å². The van der Waals surface area contributed by atoms with Crippen LogP contribution in [0.25, 0.3) is 0 Å². The first-order valence-electron chi connectivity index (χ1n) is 7.38. The van der Waals surface area contributed by atoms with Gasteiger partial charge in [-0.2, -0.15) is 0 Å². The van der Waals surface area contributed by atoms with E-state index in [1.807, 2.05) is 31.0 Å². The van der Waals surface area contributed by atoms with Crippen LogP contribution < -0.4 is 10.3 Å². The standard InChI is InChI=1S/C17H18F2N2O3S/c1-17(2,3)12-6-4-11(5-7-12)16(22)20-21-25(23,24)13-8-9-14(18)15(19)10-13/h4-10,21H,1-3H3,(H,20,22). The van der Waals surface area contributed by atoms with Gasteiger partial charge in [-0.25, -0.2) is 17.2 Å². The summed E-state index contributed by atoms with van der Waals surface area (Å²) < 4.78 is 50.0. The monoisotopic (exact) mass is 368 g/mol. The van der Waals surface area contributed by atoms with Crippen molar-refractivity contribution in [2.45, 2.75) is 31.1 Å². The maximum Gasteiger partial charge on any atom is 0.266 e. The topological polar surface area (TPSA) is 75.3 Å². The number of benzene rings is 2. The molecule has 0 fully saturated rings. The number of hydrogen-bond acceptors (Lipinski definition) is 3. The van der Waals surface area contributed by atoms with Gasteiger partial charge in [0.05, 0.1) is 4.90 Å². The van der Waals surface area contributed by atoms with E-state index >= 15 is 0 Å². The van der Waals surface area contributed by atoms with Gasteiger partial charge in [0, 0.05) is 5.56 Å². The molecule has 0 heterocycles. The number of sulfonamides is 1. The molecule has 0 aliphatic rings. The van der Waals surface area contributed by atoms with Crippen LogP contribution in [0.15, 0.2) is 47.4 Å². The Hall–Kier alpha value is -2.32. The summed E-state index contributed by atoms with van der Waals surface area (Å²) in [6, 6.07) is 8.81. The molecule has 0 saturated carbocycles. The zero-order chi connectivity index (χ0) is 18.8. The van der Waals surface area contributed by atoms with Crippen LogP contribution in [0.3, 0.4) is 0 Å². The average molecular weight is 368 g/mol. The fourth-order valence-electron chi connectivity index (χ4n) is 2.01. The van der Waals surface area contributed by atoms with Crippen molar-refractivity contribution in [1.82, 2.24) is 10.3 Å². The van der Waals surface area contributed by atoms with Crippen molar-refractivity contribution in [3.63, 3.8) is 0 Å². The van der Waals surface area contributed by atoms with Gasteiger partial charge >= 0.3 is 0 Å². The minimum Gasteiger partial charge on any atom is -0.273 e. The van der Waals surface area contributed by atoms with Gasteiger partial charge in [-0.1, -0.05) is 32.9 Å². The van der Waals surface area contributed by atoms with E-state index < -0.39 is 32.5 Å². The zero-order valence-electron chi connectivity index (χ0n) is 13.9. The van der Waals surface area contributed by atoms with E-state index in [0.29, 0.717) is 12.1 Å². The predicted octanol–water partition coefficient (Wildman–Crippen LogP) is 2.89. The maximum absolute atomic E-state index is 13.2. The molecule has 0 radical (unpaired) electrons. The minimum absolute atomic E-state index is 0.0801. The van der Waals surface area contributed by atoms with Crippen LogP contribution in [0.1, 0.15) is 36.7 Å². The van der Waals surface area contributed by atoms with E-state index in [9.17, 15) is 22.0 Å². The SMILES string of the molecule is CC(C)(C)c1ccc(C(=O)NNS(=O)(=O)c2ccc(F)c(F)c2)cc1. The second-order valence-electron chi connectivity index (χ2n) is 6.46. The molecule has 0 aromatic heterocycles. The van der Waals surface area contributed by atoms with Gasteiger partial charge in [0.15, 0.2) is 11.6 Å². The Balaban J connectivity index is 2.09. The lowest BCUT2D eigenvalue weighted by atomic mass is 9.87. The van der Waals surface area contributed by atoms with E-state index in [2.05, 4.69) is 0 Å². The number of halogens is 2. The normalized spacial score (nSPS) is 12.0. The van der Waals surface area contributed by atoms with Crippen molar-refractivity contribution in [2.75, 3.05) is 0 Å². The van der Waals surface area contributed by atoms with Crippen molar-refractivity contribution in [3.8, 4) is 0 Å². The quantitative estimate of drug-likeness (QED) is 0.815. The molecule has 0 saturated heterocycles. The van der Waals surface area contributed by atoms with Gasteiger partial charge in [-0.15, -0.1) is 4.83 Å². The van der Waals surface area contributed by atoms with Gasteiger partial charge in [-0.3, -0.25) is 10.2 Å². The van der Waals surface area contributed by atoms with Crippen molar-refractivity contribution in [3.05, 3.63) is 65.2 Å². The molecule has 2 N–H and O–H groups in total. The van der Waals surface area contributed by atoms with E-state index in [1.165, 1.54) is 0 Å². The highest BCUT2D eigenvalue weighted by Gasteiger charge is 2.18. The molecule has 0 aliphatic heterocycles. The fraction of sp³-hybridized carbons (Fsp3) is 0.235. The lowest BCUT2D eigenvalue weighted by molar-refractivity contribution is 0.0945. The number of nitrogens with one attached hydrogen (secondary N) is 2. The molecular formula is C17H18F2N2O3S. The lowest BCUT2D eigenvalue weighted by Gasteiger charge is -2.19. The number of carbonyl (C=O) groups excluding carboxylic acids is 1. The Kier molecular flexibility index (Phi) is 5.24. The minimum atomic E-state index is -4.22. The predicted molar refractivity (Wildman–Crippen MR) is 89.3 cm³/mol. The highest BCUT2D eigenvalue weighted by molar-refractivity contribution is 7.89. The van der Waals surface area contributed by atoms with Gasteiger partial charge < -0.3 is 0 Å². The first-order chi connectivity index (χ1) is 11.5. The Morgan fingerprint density at radius 2 is 1.56 bits per heavy atom. The first-order valence-corrected chi connectivity index (χ1v) is 8.87. The van der Waals surface area contributed by atoms with Gasteiger partial charge in [0.1, 0.15) is 0 Å². The first kappa shape index (κ1) is 19.0. The lowest BCUT2D eigenvalue weighted by Crippen LogP contribution is -2.41. The summed E-state index contributed by atoms with van der Waals surface area (Å²) in [5, 5.41) is 0. The molecule has 0 bridgehead atoms. The summed E-state index contributed by atoms with van der Waals surface area (Å²) in [5.74, 6) is -3.14. The highest BCUT2D eigenvalue weighted by atomic mass is 32.2. The zero-order valence-corrected chi connectivity index (χ0v) is 14.7. The summed E-state index contributed by atoms with van der Waals surface area (Å²) in [7, 11) is -4.22. The van der Waals surface area contributed by atoms with Gasteiger partial charge in [-0.05, 0) is 41.3 Å². The van der Waals surface area contributed by atoms with Crippen LogP contribution >= 0.6 is 0 Å². The third-order valence-electron chi connectivity index (χ3n) is 3.51. The molecule has 5 nitrogen and oxygen atoms in total. The van der Waals surface area contributed by atoms with Crippen LogP contribution in [-0.2, 0) is 15.4 Å². The molecule has 2 aromatic rings.